The maximum atomic E-state index is 3.36. The fraction of sp³-hybridized carbons (Fsp3) is 0.600. The number of halogens is 2. The fourth-order valence-electron chi connectivity index (χ4n) is 0.126. The molecular weight excluding hydrogens is 220 g/mol. The molecule has 0 spiro atoms. The highest BCUT2D eigenvalue weighted by Crippen LogP contribution is 2.17. The Morgan fingerprint density at radius 3 is 2.00 bits per heavy atom. The molecule has 0 aromatic rings. The maximum Gasteiger partial charge on any atom is 0.00452 e. The van der Waals surface area contributed by atoms with Crippen molar-refractivity contribution in [3.8, 4) is 0 Å². The van der Waals surface area contributed by atoms with Gasteiger partial charge in [-0.05, 0) is 10.9 Å². The van der Waals surface area contributed by atoms with Crippen LogP contribution in [0.4, 0.5) is 0 Å². The van der Waals surface area contributed by atoms with Crippen LogP contribution in [0.1, 0.15) is 13.8 Å². The van der Waals surface area contributed by atoms with Gasteiger partial charge in [0, 0.05) is 4.48 Å². The third-order valence-electron chi connectivity index (χ3n) is 0.656. The van der Waals surface area contributed by atoms with E-state index >= 15 is 0 Å². The molecule has 0 saturated heterocycles. The minimum absolute atomic E-state index is 0.597. The van der Waals surface area contributed by atoms with E-state index in [2.05, 4.69) is 45.7 Å². The molecule has 0 aliphatic carbocycles. The van der Waals surface area contributed by atoms with E-state index in [4.69, 9.17) is 0 Å². The normalized spacial score (nSPS) is 13.0. The maximum absolute atomic E-state index is 3.36. The van der Waals surface area contributed by atoms with Gasteiger partial charge < -0.3 is 0 Å². The Morgan fingerprint density at radius 1 is 1.57 bits per heavy atom. The lowest BCUT2D eigenvalue weighted by Crippen LogP contribution is -1.81. The molecule has 0 bridgehead atoms. The molecule has 7 heavy (non-hydrogen) atoms. The van der Waals surface area contributed by atoms with Crippen LogP contribution in [0.25, 0.3) is 0 Å². The number of hydrogen-bond donors (Lipinski definition) is 0. The third kappa shape index (κ3) is 3.30. The monoisotopic (exact) mass is 226 g/mol. The van der Waals surface area contributed by atoms with Crippen molar-refractivity contribution in [2.75, 3.05) is 0 Å². The second-order valence-electron chi connectivity index (χ2n) is 1.65. The van der Waals surface area contributed by atoms with Crippen LogP contribution in [0.2, 0.25) is 0 Å². The zero-order valence-electron chi connectivity index (χ0n) is 4.41. The molecule has 0 N–H and O–H groups in total. The van der Waals surface area contributed by atoms with E-state index in [-0.39, 0.29) is 0 Å². The largest absolute Gasteiger partial charge is 0.0586 e. The quantitative estimate of drug-likeness (QED) is 0.645. The molecule has 0 nitrogen and oxygen atoms in total. The van der Waals surface area contributed by atoms with Crippen LogP contribution in [-0.4, -0.2) is 0 Å². The summed E-state index contributed by atoms with van der Waals surface area (Å²) in [5.74, 6) is 0.597. The van der Waals surface area contributed by atoms with Crippen LogP contribution in [0.5, 0.6) is 0 Å². The minimum Gasteiger partial charge on any atom is -0.0586 e. The average molecular weight is 228 g/mol. The summed E-state index contributed by atoms with van der Waals surface area (Å²) in [5.41, 5.74) is 0. The van der Waals surface area contributed by atoms with Crippen LogP contribution < -0.4 is 0 Å². The van der Waals surface area contributed by atoms with Gasteiger partial charge in [0.2, 0.25) is 0 Å². The predicted molar refractivity (Wildman–Crippen MR) is 40.8 cm³/mol. The van der Waals surface area contributed by atoms with Gasteiger partial charge in [0.25, 0.3) is 0 Å². The lowest BCUT2D eigenvalue weighted by Gasteiger charge is -1.97. The second kappa shape index (κ2) is 3.67. The van der Waals surface area contributed by atoms with Crippen LogP contribution in [-0.2, 0) is 0 Å². The Bertz CT molecular complexity index is 74.1. The summed E-state index contributed by atoms with van der Waals surface area (Å²) < 4.78 is 1.20. The highest BCUT2D eigenvalue weighted by atomic mass is 79.9. The van der Waals surface area contributed by atoms with E-state index in [0.717, 1.165) is 0 Å². The predicted octanol–water partition coefficient (Wildman–Crippen LogP) is 3.27. The van der Waals surface area contributed by atoms with E-state index in [1.165, 1.54) is 4.48 Å². The van der Waals surface area contributed by atoms with Gasteiger partial charge in [0.1, 0.15) is 0 Å². The second-order valence-corrected chi connectivity index (χ2v) is 3.02. The summed E-state index contributed by atoms with van der Waals surface area (Å²) in [7, 11) is 0. The Hall–Kier alpha value is 0.700. The molecule has 0 rings (SSSR count). The molecule has 0 atom stereocenters. The van der Waals surface area contributed by atoms with Gasteiger partial charge in [0.05, 0.1) is 0 Å². The fourth-order valence-corrected chi connectivity index (χ4v) is 0.655. The number of allylic oxidation sites excluding steroid dienone is 1. The summed E-state index contributed by atoms with van der Waals surface area (Å²) in [4.78, 5) is 1.89. The molecule has 0 heterocycles. The van der Waals surface area contributed by atoms with Crippen LogP contribution in [0.3, 0.4) is 0 Å². The molecule has 2 heteroatoms. The van der Waals surface area contributed by atoms with E-state index < -0.39 is 0 Å². The molecular formula is C5H8Br2. The lowest BCUT2D eigenvalue weighted by molar-refractivity contribution is 0.823. The molecule has 0 aliphatic heterocycles. The van der Waals surface area contributed by atoms with E-state index in [1.54, 1.807) is 0 Å². The van der Waals surface area contributed by atoms with Gasteiger partial charge in [-0.2, -0.15) is 0 Å². The molecule has 0 saturated carbocycles. The van der Waals surface area contributed by atoms with Gasteiger partial charge in [-0.1, -0.05) is 45.7 Å². The molecule has 0 unspecified atom stereocenters. The Kier molecular flexibility index (Phi) is 4.04. The number of rotatable bonds is 1. The molecule has 0 amide bonds. The first-order chi connectivity index (χ1) is 3.18. The van der Waals surface area contributed by atoms with Crippen molar-refractivity contribution in [1.82, 2.24) is 0 Å². The average Bonchev–Trinajstić information content (AvgIpc) is 1.65. The summed E-state index contributed by atoms with van der Waals surface area (Å²) in [5, 5.41) is 0. The van der Waals surface area contributed by atoms with Crippen molar-refractivity contribution in [2.45, 2.75) is 13.8 Å². The summed E-state index contributed by atoms with van der Waals surface area (Å²) in [6.07, 6.45) is 0. The van der Waals surface area contributed by atoms with Crippen LogP contribution in [0, 0.1) is 5.92 Å². The molecule has 0 aromatic heterocycles. The minimum atomic E-state index is 0.597. The van der Waals surface area contributed by atoms with Crippen LogP contribution in [0.15, 0.2) is 9.47 Å². The molecule has 0 aromatic carbocycles. The van der Waals surface area contributed by atoms with Crippen LogP contribution >= 0.6 is 31.9 Å². The molecule has 0 radical (unpaired) electrons. The first-order valence-corrected chi connectivity index (χ1v) is 3.85. The van der Waals surface area contributed by atoms with Gasteiger partial charge in [-0.3, -0.25) is 0 Å². The summed E-state index contributed by atoms with van der Waals surface area (Å²) >= 11 is 6.56. The van der Waals surface area contributed by atoms with E-state index in [9.17, 15) is 0 Å². The van der Waals surface area contributed by atoms with Crippen molar-refractivity contribution in [1.29, 1.82) is 0 Å². The summed E-state index contributed by atoms with van der Waals surface area (Å²) in [6, 6.07) is 0. The Morgan fingerprint density at radius 2 is 2.00 bits per heavy atom. The van der Waals surface area contributed by atoms with Crippen molar-refractivity contribution >= 4 is 31.9 Å². The van der Waals surface area contributed by atoms with Gasteiger partial charge >= 0.3 is 0 Å². The Balaban J connectivity index is 3.56. The SMILES string of the molecule is CC(C)/C(Br)=C/Br. The molecule has 42 valence electrons. The topological polar surface area (TPSA) is 0 Å². The number of hydrogen-bond acceptors (Lipinski definition) is 0. The van der Waals surface area contributed by atoms with E-state index in [0.29, 0.717) is 5.92 Å². The summed E-state index contributed by atoms with van der Waals surface area (Å²) in [6.45, 7) is 4.25. The van der Waals surface area contributed by atoms with Gasteiger partial charge in [-0.15, -0.1) is 0 Å². The zero-order valence-corrected chi connectivity index (χ0v) is 7.58. The van der Waals surface area contributed by atoms with E-state index in [1.807, 2.05) is 4.99 Å². The highest BCUT2D eigenvalue weighted by molar-refractivity contribution is 9.14. The van der Waals surface area contributed by atoms with Crippen molar-refractivity contribution in [3.63, 3.8) is 0 Å². The highest BCUT2D eigenvalue weighted by Gasteiger charge is 1.93. The third-order valence-corrected chi connectivity index (χ3v) is 2.91. The smallest absolute Gasteiger partial charge is 0.00452 e. The zero-order chi connectivity index (χ0) is 5.86. The van der Waals surface area contributed by atoms with Gasteiger partial charge in [0.15, 0.2) is 0 Å². The molecule has 0 fully saturated rings. The van der Waals surface area contributed by atoms with Gasteiger partial charge in [-0.25, -0.2) is 0 Å². The lowest BCUT2D eigenvalue weighted by atomic mass is 10.2. The Labute approximate surface area is 61.2 Å². The van der Waals surface area contributed by atoms with Crippen molar-refractivity contribution in [2.24, 2.45) is 5.92 Å². The first kappa shape index (κ1) is 7.70. The first-order valence-electron chi connectivity index (χ1n) is 2.14. The van der Waals surface area contributed by atoms with Crippen molar-refractivity contribution in [3.05, 3.63) is 9.47 Å². The standard InChI is InChI=1S/C5H8Br2/c1-4(2)5(7)3-6/h3-4H,1-2H3/b5-3-. The van der Waals surface area contributed by atoms with Crippen molar-refractivity contribution < 1.29 is 0 Å². The molecule has 0 aliphatic rings.